The van der Waals surface area contributed by atoms with Crippen molar-refractivity contribution in [1.82, 2.24) is 10.2 Å². The first-order valence-electron chi connectivity index (χ1n) is 8.05. The highest BCUT2D eigenvalue weighted by atomic mass is 35.5. The first-order chi connectivity index (χ1) is 11.4. The molecule has 3 unspecified atom stereocenters. The summed E-state index contributed by atoms with van der Waals surface area (Å²) in [7, 11) is 1.70. The van der Waals surface area contributed by atoms with E-state index in [0.29, 0.717) is 42.3 Å². The van der Waals surface area contributed by atoms with Crippen molar-refractivity contribution >= 4 is 35.0 Å². The zero-order chi connectivity index (χ0) is 17.4. The Morgan fingerprint density at radius 2 is 2.17 bits per heavy atom. The number of aliphatic hydroxyl groups is 1. The average Bonchev–Trinajstić information content (AvgIpc) is 2.85. The molecular formula is C17H20Cl2N2O3. The second-order valence-corrected chi connectivity index (χ2v) is 7.43. The molecule has 130 valence electrons. The number of nitrogens with one attached hydrogen (secondary N) is 1. The van der Waals surface area contributed by atoms with Crippen LogP contribution in [0.25, 0.3) is 0 Å². The molecule has 3 rings (SSSR count). The van der Waals surface area contributed by atoms with E-state index in [4.69, 9.17) is 23.2 Å². The number of halogens is 2. The van der Waals surface area contributed by atoms with E-state index in [1.807, 2.05) is 0 Å². The number of hydrogen-bond acceptors (Lipinski definition) is 3. The molecule has 0 aromatic heterocycles. The van der Waals surface area contributed by atoms with Crippen LogP contribution in [0.15, 0.2) is 12.1 Å². The maximum Gasteiger partial charge on any atom is 0.223 e. The monoisotopic (exact) mass is 370 g/mol. The number of piperidine rings is 1. The van der Waals surface area contributed by atoms with Crippen LogP contribution >= 0.6 is 23.2 Å². The second-order valence-electron chi connectivity index (χ2n) is 6.59. The van der Waals surface area contributed by atoms with Crippen molar-refractivity contribution in [2.45, 2.75) is 37.8 Å². The third-order valence-electron chi connectivity index (χ3n) is 4.93. The highest BCUT2D eigenvalue weighted by Crippen LogP contribution is 2.41. The van der Waals surface area contributed by atoms with Gasteiger partial charge in [0.25, 0.3) is 0 Å². The van der Waals surface area contributed by atoms with Crippen LogP contribution in [0.3, 0.4) is 0 Å². The summed E-state index contributed by atoms with van der Waals surface area (Å²) in [5.74, 6) is 0.124. The number of carbonyl (C=O) groups is 2. The maximum atomic E-state index is 12.6. The summed E-state index contributed by atoms with van der Waals surface area (Å²) in [4.78, 5) is 25.4. The Balaban J connectivity index is 1.74. The highest BCUT2D eigenvalue weighted by Gasteiger charge is 2.38. The van der Waals surface area contributed by atoms with Gasteiger partial charge in [-0.3, -0.25) is 9.59 Å². The third-order valence-corrected chi connectivity index (χ3v) is 5.49. The molecule has 1 heterocycles. The van der Waals surface area contributed by atoms with Gasteiger partial charge < -0.3 is 15.3 Å². The van der Waals surface area contributed by atoms with E-state index >= 15 is 0 Å². The molecule has 0 radical (unpaired) electrons. The Morgan fingerprint density at radius 1 is 1.42 bits per heavy atom. The summed E-state index contributed by atoms with van der Waals surface area (Å²) in [6.45, 7) is 0.528. The fourth-order valence-corrected chi connectivity index (χ4v) is 4.19. The molecule has 2 N–H and O–H groups in total. The lowest BCUT2D eigenvalue weighted by atomic mass is 9.94. The standard InChI is InChI=1S/C17H20Cl2N2O3/c1-21(16(24)4-9-2-3-15(23)20-8-9)17-12-5-10(18)6-13(19)11(12)7-14(17)22/h5-6,9,14,17,22H,2-4,7-8H2,1H3,(H,20,23). The topological polar surface area (TPSA) is 69.6 Å². The van der Waals surface area contributed by atoms with Gasteiger partial charge in [-0.15, -0.1) is 0 Å². The number of rotatable bonds is 3. The SMILES string of the molecule is CN(C(=O)CC1CCC(=O)NC1)C1c2cc(Cl)cc(Cl)c2CC1O. The fourth-order valence-electron chi connectivity index (χ4n) is 3.60. The van der Waals surface area contributed by atoms with Gasteiger partial charge in [-0.1, -0.05) is 23.2 Å². The summed E-state index contributed by atoms with van der Waals surface area (Å²) < 4.78 is 0. The Hall–Kier alpha value is -1.30. The van der Waals surface area contributed by atoms with Gasteiger partial charge in [0, 0.05) is 42.9 Å². The van der Waals surface area contributed by atoms with Crippen LogP contribution in [-0.2, 0) is 16.0 Å². The van der Waals surface area contributed by atoms with Gasteiger partial charge in [0.2, 0.25) is 11.8 Å². The summed E-state index contributed by atoms with van der Waals surface area (Å²) >= 11 is 12.3. The molecule has 2 aliphatic rings. The average molecular weight is 371 g/mol. The molecule has 0 spiro atoms. The van der Waals surface area contributed by atoms with Crippen molar-refractivity contribution in [2.24, 2.45) is 5.92 Å². The lowest BCUT2D eigenvalue weighted by Crippen LogP contribution is -2.40. The summed E-state index contributed by atoms with van der Waals surface area (Å²) in [5.41, 5.74) is 1.66. The van der Waals surface area contributed by atoms with Crippen molar-refractivity contribution in [1.29, 1.82) is 0 Å². The van der Waals surface area contributed by atoms with Crippen LogP contribution in [0.4, 0.5) is 0 Å². The van der Waals surface area contributed by atoms with Gasteiger partial charge in [-0.05, 0) is 35.6 Å². The molecule has 1 aromatic carbocycles. The highest BCUT2D eigenvalue weighted by molar-refractivity contribution is 6.35. The van der Waals surface area contributed by atoms with Gasteiger partial charge in [-0.25, -0.2) is 0 Å². The van der Waals surface area contributed by atoms with Gasteiger partial charge in [-0.2, -0.15) is 0 Å². The fraction of sp³-hybridized carbons (Fsp3) is 0.529. The molecular weight excluding hydrogens is 351 g/mol. The molecule has 1 saturated heterocycles. The Labute approximate surface area is 150 Å². The summed E-state index contributed by atoms with van der Waals surface area (Å²) in [6, 6.07) is 2.99. The smallest absolute Gasteiger partial charge is 0.223 e. The number of fused-ring (bicyclic) bond motifs is 1. The van der Waals surface area contributed by atoms with Gasteiger partial charge in [0.15, 0.2) is 0 Å². The molecule has 3 atom stereocenters. The van der Waals surface area contributed by atoms with Crippen LogP contribution in [0.1, 0.15) is 36.4 Å². The third kappa shape index (κ3) is 3.39. The van der Waals surface area contributed by atoms with Crippen molar-refractivity contribution in [3.8, 4) is 0 Å². The number of amides is 2. The quantitative estimate of drug-likeness (QED) is 0.857. The summed E-state index contributed by atoms with van der Waals surface area (Å²) in [6.07, 6.45) is 1.24. The van der Waals surface area contributed by atoms with Gasteiger partial charge in [0.05, 0.1) is 12.1 Å². The lowest BCUT2D eigenvalue weighted by molar-refractivity contribution is -0.136. The molecule has 1 fully saturated rings. The number of carbonyl (C=O) groups excluding carboxylic acids is 2. The zero-order valence-corrected chi connectivity index (χ0v) is 14.9. The van der Waals surface area contributed by atoms with Crippen molar-refractivity contribution < 1.29 is 14.7 Å². The maximum absolute atomic E-state index is 12.6. The van der Waals surface area contributed by atoms with E-state index in [-0.39, 0.29) is 17.7 Å². The van der Waals surface area contributed by atoms with E-state index in [9.17, 15) is 14.7 Å². The largest absolute Gasteiger partial charge is 0.390 e. The predicted octanol–water partition coefficient (Wildman–Crippen LogP) is 2.33. The molecule has 24 heavy (non-hydrogen) atoms. The first-order valence-corrected chi connectivity index (χ1v) is 8.80. The second kappa shape index (κ2) is 6.90. The number of likely N-dealkylation sites (N-methyl/N-ethyl adjacent to an activating group) is 1. The van der Waals surface area contributed by atoms with Crippen LogP contribution < -0.4 is 5.32 Å². The molecule has 1 aliphatic heterocycles. The van der Waals surface area contributed by atoms with Crippen LogP contribution in [0.2, 0.25) is 10.0 Å². The number of hydrogen-bond donors (Lipinski definition) is 2. The van der Waals surface area contributed by atoms with E-state index in [1.54, 1.807) is 24.1 Å². The lowest BCUT2D eigenvalue weighted by Gasteiger charge is -2.30. The molecule has 5 nitrogen and oxygen atoms in total. The van der Waals surface area contributed by atoms with Crippen LogP contribution in [0, 0.1) is 5.92 Å². The van der Waals surface area contributed by atoms with E-state index < -0.39 is 12.1 Å². The van der Waals surface area contributed by atoms with Crippen LogP contribution in [-0.4, -0.2) is 41.5 Å². The van der Waals surface area contributed by atoms with Crippen LogP contribution in [0.5, 0.6) is 0 Å². The molecule has 1 aliphatic carbocycles. The number of aliphatic hydroxyl groups excluding tert-OH is 1. The summed E-state index contributed by atoms with van der Waals surface area (Å²) in [5, 5.41) is 14.2. The van der Waals surface area contributed by atoms with Crippen molar-refractivity contribution in [3.05, 3.63) is 33.3 Å². The van der Waals surface area contributed by atoms with Gasteiger partial charge in [0.1, 0.15) is 0 Å². The Kier molecular flexibility index (Phi) is 5.04. The zero-order valence-electron chi connectivity index (χ0n) is 13.4. The Bertz CT molecular complexity index is 670. The minimum Gasteiger partial charge on any atom is -0.390 e. The Morgan fingerprint density at radius 3 is 2.83 bits per heavy atom. The molecule has 1 aromatic rings. The number of nitrogens with zero attached hydrogens (tertiary/aromatic N) is 1. The minimum atomic E-state index is -0.698. The molecule has 7 heteroatoms. The molecule has 0 bridgehead atoms. The van der Waals surface area contributed by atoms with Crippen molar-refractivity contribution in [3.63, 3.8) is 0 Å². The van der Waals surface area contributed by atoms with E-state index in [0.717, 1.165) is 11.1 Å². The van der Waals surface area contributed by atoms with E-state index in [1.165, 1.54) is 0 Å². The normalized spacial score (nSPS) is 26.0. The predicted molar refractivity (Wildman–Crippen MR) is 92.0 cm³/mol. The minimum absolute atomic E-state index is 0.0384. The molecule has 2 amide bonds. The van der Waals surface area contributed by atoms with Crippen molar-refractivity contribution in [2.75, 3.05) is 13.6 Å². The molecule has 0 saturated carbocycles. The van der Waals surface area contributed by atoms with Gasteiger partial charge >= 0.3 is 0 Å². The number of benzene rings is 1. The first kappa shape index (κ1) is 17.5. The van der Waals surface area contributed by atoms with E-state index in [2.05, 4.69) is 5.32 Å².